The molecule has 1 fully saturated rings. The Labute approximate surface area is 110 Å². The third kappa shape index (κ3) is 2.24. The van der Waals surface area contributed by atoms with Crippen molar-refractivity contribution in [2.24, 2.45) is 0 Å². The predicted octanol–water partition coefficient (Wildman–Crippen LogP) is 0.776. The maximum absolute atomic E-state index is 11.9. The number of hydrogen-bond acceptors (Lipinski definition) is 4. The van der Waals surface area contributed by atoms with Crippen molar-refractivity contribution in [1.29, 1.82) is 0 Å². The van der Waals surface area contributed by atoms with Crippen LogP contribution in [0.1, 0.15) is 25.2 Å². The molecule has 18 heavy (non-hydrogen) atoms. The summed E-state index contributed by atoms with van der Waals surface area (Å²) >= 11 is 0. The monoisotopic (exact) mass is 291 g/mol. The Morgan fingerprint density at radius 3 is 2.67 bits per heavy atom. The molecule has 2 heterocycles. The van der Waals surface area contributed by atoms with Crippen LogP contribution in [0.2, 0.25) is 0 Å². The van der Waals surface area contributed by atoms with Gasteiger partial charge in [0.25, 0.3) is 9.05 Å². The summed E-state index contributed by atoms with van der Waals surface area (Å²) in [6, 6.07) is -0.371. The summed E-state index contributed by atoms with van der Waals surface area (Å²) in [5.41, 5.74) is 0. The smallest absolute Gasteiger partial charge is 0.280 e. The summed E-state index contributed by atoms with van der Waals surface area (Å²) in [5.74, 6) is 0.531. The van der Waals surface area contributed by atoms with Crippen molar-refractivity contribution < 1.29 is 13.2 Å². The molecule has 6 nitrogen and oxygen atoms in total. The molecule has 1 saturated heterocycles. The van der Waals surface area contributed by atoms with Gasteiger partial charge in [-0.1, -0.05) is 6.92 Å². The average Bonchev–Trinajstić information content (AvgIpc) is 2.83. The summed E-state index contributed by atoms with van der Waals surface area (Å²) in [6.07, 6.45) is 2.54. The van der Waals surface area contributed by atoms with E-state index in [1.165, 1.54) is 6.20 Å². The highest BCUT2D eigenvalue weighted by Crippen LogP contribution is 2.26. The standard InChI is InChI=1S/C10H14ClN3O3S/c1-3-8-12-9(18(11,16)17)6-14(8)7-4-5-13(2)10(7)15/h6-7H,3-5H2,1-2H3. The molecule has 100 valence electrons. The van der Waals surface area contributed by atoms with Crippen LogP contribution in [-0.2, 0) is 20.3 Å². The predicted molar refractivity (Wildman–Crippen MR) is 65.9 cm³/mol. The second kappa shape index (κ2) is 4.55. The van der Waals surface area contributed by atoms with E-state index in [1.54, 1.807) is 16.5 Å². The number of rotatable bonds is 3. The van der Waals surface area contributed by atoms with E-state index >= 15 is 0 Å². The number of carbonyl (C=O) groups excluding carboxylic acids is 1. The van der Waals surface area contributed by atoms with Crippen LogP contribution in [0, 0.1) is 0 Å². The van der Waals surface area contributed by atoms with Crippen molar-refractivity contribution in [3.63, 3.8) is 0 Å². The fraction of sp³-hybridized carbons (Fsp3) is 0.600. The SMILES string of the molecule is CCc1nc(S(=O)(=O)Cl)cn1C1CCN(C)C1=O. The molecular weight excluding hydrogens is 278 g/mol. The van der Waals surface area contributed by atoms with Crippen LogP contribution in [0.25, 0.3) is 0 Å². The molecule has 0 bridgehead atoms. The summed E-state index contributed by atoms with van der Waals surface area (Å²) in [7, 11) is 3.14. The zero-order valence-electron chi connectivity index (χ0n) is 10.1. The minimum Gasteiger partial charge on any atom is -0.344 e. The van der Waals surface area contributed by atoms with Crippen molar-refractivity contribution in [3.8, 4) is 0 Å². The maximum Gasteiger partial charge on any atom is 0.280 e. The lowest BCUT2D eigenvalue weighted by Crippen LogP contribution is -2.25. The van der Waals surface area contributed by atoms with E-state index in [1.807, 2.05) is 6.92 Å². The van der Waals surface area contributed by atoms with Crippen LogP contribution in [0.4, 0.5) is 0 Å². The van der Waals surface area contributed by atoms with Crippen molar-refractivity contribution in [2.75, 3.05) is 13.6 Å². The highest BCUT2D eigenvalue weighted by Gasteiger charge is 2.32. The summed E-state index contributed by atoms with van der Waals surface area (Å²) in [6.45, 7) is 2.51. The van der Waals surface area contributed by atoms with Gasteiger partial charge < -0.3 is 9.47 Å². The largest absolute Gasteiger partial charge is 0.344 e. The number of nitrogens with zero attached hydrogens (tertiary/aromatic N) is 3. The van der Waals surface area contributed by atoms with Crippen LogP contribution in [0.5, 0.6) is 0 Å². The number of carbonyl (C=O) groups is 1. The number of hydrogen-bond donors (Lipinski definition) is 0. The Morgan fingerprint density at radius 2 is 2.22 bits per heavy atom. The fourth-order valence-corrected chi connectivity index (χ4v) is 2.80. The zero-order valence-corrected chi connectivity index (χ0v) is 11.7. The normalized spacial score (nSPS) is 20.7. The first-order valence-electron chi connectivity index (χ1n) is 5.62. The average molecular weight is 292 g/mol. The van der Waals surface area contributed by atoms with Crippen molar-refractivity contribution in [3.05, 3.63) is 12.0 Å². The first-order chi connectivity index (χ1) is 8.34. The minimum absolute atomic E-state index is 0.0272. The summed E-state index contributed by atoms with van der Waals surface area (Å²) in [5, 5.41) is -0.191. The molecule has 1 unspecified atom stereocenters. The van der Waals surface area contributed by atoms with E-state index in [0.29, 0.717) is 25.2 Å². The third-order valence-corrected chi connectivity index (χ3v) is 4.26. The number of likely N-dealkylation sites (tertiary alicyclic amines) is 1. The molecule has 2 rings (SSSR count). The second-order valence-corrected chi connectivity index (χ2v) is 6.77. The van der Waals surface area contributed by atoms with Gasteiger partial charge in [0.05, 0.1) is 0 Å². The molecule has 0 radical (unpaired) electrons. The van der Waals surface area contributed by atoms with Crippen LogP contribution >= 0.6 is 10.7 Å². The highest BCUT2D eigenvalue weighted by molar-refractivity contribution is 8.13. The Hall–Kier alpha value is -1.08. The molecule has 8 heteroatoms. The fourth-order valence-electron chi connectivity index (χ4n) is 2.12. The lowest BCUT2D eigenvalue weighted by atomic mass is 10.2. The molecule has 0 aliphatic carbocycles. The summed E-state index contributed by atoms with van der Waals surface area (Å²) in [4.78, 5) is 17.5. The molecule has 1 aromatic heterocycles. The lowest BCUT2D eigenvalue weighted by Gasteiger charge is -2.13. The van der Waals surface area contributed by atoms with Gasteiger partial charge in [-0.05, 0) is 6.42 Å². The van der Waals surface area contributed by atoms with Gasteiger partial charge in [0.1, 0.15) is 11.9 Å². The first-order valence-corrected chi connectivity index (χ1v) is 7.93. The topological polar surface area (TPSA) is 72.3 Å². The van der Waals surface area contributed by atoms with E-state index < -0.39 is 9.05 Å². The van der Waals surface area contributed by atoms with E-state index in [9.17, 15) is 13.2 Å². The Balaban J connectivity index is 2.45. The molecule has 1 atom stereocenters. The lowest BCUT2D eigenvalue weighted by molar-refractivity contribution is -0.129. The molecule has 1 aliphatic heterocycles. The quantitative estimate of drug-likeness (QED) is 0.772. The first kappa shape index (κ1) is 13.4. The van der Waals surface area contributed by atoms with Crippen molar-refractivity contribution in [1.82, 2.24) is 14.5 Å². The van der Waals surface area contributed by atoms with Crippen LogP contribution < -0.4 is 0 Å². The molecule has 1 aromatic rings. The van der Waals surface area contributed by atoms with Gasteiger partial charge in [-0.3, -0.25) is 4.79 Å². The number of halogens is 1. The van der Waals surface area contributed by atoms with Crippen molar-refractivity contribution in [2.45, 2.75) is 30.8 Å². The highest BCUT2D eigenvalue weighted by atomic mass is 35.7. The molecule has 0 N–H and O–H groups in total. The number of imidazole rings is 1. The van der Waals surface area contributed by atoms with Gasteiger partial charge in [0, 0.05) is 36.9 Å². The Morgan fingerprint density at radius 1 is 1.56 bits per heavy atom. The van der Waals surface area contributed by atoms with Gasteiger partial charge in [-0.25, -0.2) is 13.4 Å². The number of aryl methyl sites for hydroxylation is 1. The van der Waals surface area contributed by atoms with Crippen molar-refractivity contribution >= 4 is 25.6 Å². The van der Waals surface area contributed by atoms with E-state index in [0.717, 1.165) is 0 Å². The number of aromatic nitrogens is 2. The van der Waals surface area contributed by atoms with Gasteiger partial charge in [0.15, 0.2) is 5.03 Å². The van der Waals surface area contributed by atoms with Crippen LogP contribution in [0.15, 0.2) is 11.2 Å². The third-order valence-electron chi connectivity index (χ3n) is 3.09. The molecule has 1 amide bonds. The van der Waals surface area contributed by atoms with Gasteiger partial charge in [0.2, 0.25) is 5.91 Å². The number of likely N-dealkylation sites (N-methyl/N-ethyl adjacent to an activating group) is 1. The second-order valence-electron chi connectivity index (χ2n) is 4.26. The molecule has 0 saturated carbocycles. The Bertz CT molecular complexity index is 581. The van der Waals surface area contributed by atoms with E-state index in [-0.39, 0.29) is 17.0 Å². The van der Waals surface area contributed by atoms with Gasteiger partial charge in [-0.2, -0.15) is 0 Å². The molecular formula is C10H14ClN3O3S. The molecule has 1 aliphatic rings. The van der Waals surface area contributed by atoms with Gasteiger partial charge >= 0.3 is 0 Å². The van der Waals surface area contributed by atoms with Gasteiger partial charge in [-0.15, -0.1) is 0 Å². The van der Waals surface area contributed by atoms with E-state index in [4.69, 9.17) is 10.7 Å². The molecule has 0 aromatic carbocycles. The minimum atomic E-state index is -3.86. The van der Waals surface area contributed by atoms with Crippen LogP contribution in [0.3, 0.4) is 0 Å². The Kier molecular flexibility index (Phi) is 3.37. The van der Waals surface area contributed by atoms with Crippen LogP contribution in [-0.4, -0.2) is 42.4 Å². The molecule has 0 spiro atoms. The zero-order chi connectivity index (χ0) is 13.5. The summed E-state index contributed by atoms with van der Waals surface area (Å²) < 4.78 is 24.2. The number of amides is 1. The van der Waals surface area contributed by atoms with E-state index in [2.05, 4.69) is 4.98 Å². The maximum atomic E-state index is 11.9.